The summed E-state index contributed by atoms with van der Waals surface area (Å²) in [4.78, 5) is 12.3. The number of benzene rings is 2. The Morgan fingerprint density at radius 1 is 1.22 bits per heavy atom. The standard InChI is InChI=1S/C18H18ClFN2O4S/c19-16-10-13(20)5-8-17(16)22-18(23)12-3-6-15(7-4-12)27(24,25)21-11-14-2-1-9-26-14/h3-8,10,14,21H,1-2,9,11H2,(H,22,23)/t14-/m1/s1. The molecule has 1 aliphatic heterocycles. The van der Waals surface area contributed by atoms with Crippen LogP contribution >= 0.6 is 11.6 Å². The molecule has 2 N–H and O–H groups in total. The van der Waals surface area contributed by atoms with Crippen molar-refractivity contribution >= 4 is 33.2 Å². The number of carbonyl (C=O) groups excluding carboxylic acids is 1. The van der Waals surface area contributed by atoms with Gasteiger partial charge in [0.05, 0.1) is 21.7 Å². The number of sulfonamides is 1. The zero-order valence-corrected chi connectivity index (χ0v) is 15.8. The smallest absolute Gasteiger partial charge is 0.255 e. The summed E-state index contributed by atoms with van der Waals surface area (Å²) in [5.41, 5.74) is 0.506. The van der Waals surface area contributed by atoms with Gasteiger partial charge in [0.2, 0.25) is 10.0 Å². The highest BCUT2D eigenvalue weighted by molar-refractivity contribution is 7.89. The molecule has 1 saturated heterocycles. The second-order valence-electron chi connectivity index (χ2n) is 6.09. The Morgan fingerprint density at radius 3 is 2.59 bits per heavy atom. The lowest BCUT2D eigenvalue weighted by Gasteiger charge is -2.12. The zero-order chi connectivity index (χ0) is 19.4. The molecule has 144 valence electrons. The number of anilines is 1. The van der Waals surface area contributed by atoms with Gasteiger partial charge < -0.3 is 10.1 Å². The van der Waals surface area contributed by atoms with Gasteiger partial charge >= 0.3 is 0 Å². The van der Waals surface area contributed by atoms with E-state index < -0.39 is 21.7 Å². The number of hydrogen-bond donors (Lipinski definition) is 2. The number of halogens is 2. The average molecular weight is 413 g/mol. The van der Waals surface area contributed by atoms with Crippen molar-refractivity contribution in [2.24, 2.45) is 0 Å². The van der Waals surface area contributed by atoms with Gasteiger partial charge in [-0.25, -0.2) is 17.5 Å². The largest absolute Gasteiger partial charge is 0.377 e. The fourth-order valence-corrected chi connectivity index (χ4v) is 3.94. The molecule has 0 aliphatic carbocycles. The molecule has 0 aromatic heterocycles. The Hall–Kier alpha value is -2.00. The number of nitrogens with one attached hydrogen (secondary N) is 2. The Kier molecular flexibility index (Phi) is 6.11. The summed E-state index contributed by atoms with van der Waals surface area (Å²) in [5.74, 6) is -0.997. The molecule has 2 aromatic carbocycles. The third kappa shape index (κ3) is 5.04. The van der Waals surface area contributed by atoms with Crippen LogP contribution in [0.15, 0.2) is 47.4 Å². The van der Waals surface area contributed by atoms with E-state index in [4.69, 9.17) is 16.3 Å². The highest BCUT2D eigenvalue weighted by Gasteiger charge is 2.20. The van der Waals surface area contributed by atoms with Crippen LogP contribution in [0.5, 0.6) is 0 Å². The first-order chi connectivity index (χ1) is 12.8. The van der Waals surface area contributed by atoms with Crippen LogP contribution in [-0.2, 0) is 14.8 Å². The molecule has 2 aromatic rings. The van der Waals surface area contributed by atoms with Gasteiger partial charge in [-0.15, -0.1) is 0 Å². The van der Waals surface area contributed by atoms with Crippen LogP contribution in [0.3, 0.4) is 0 Å². The van der Waals surface area contributed by atoms with Crippen molar-refractivity contribution < 1.29 is 22.3 Å². The summed E-state index contributed by atoms with van der Waals surface area (Å²) >= 11 is 5.88. The normalized spacial score (nSPS) is 17.0. The van der Waals surface area contributed by atoms with E-state index in [0.29, 0.717) is 6.61 Å². The van der Waals surface area contributed by atoms with Crippen LogP contribution in [-0.4, -0.2) is 33.6 Å². The quantitative estimate of drug-likeness (QED) is 0.763. The molecule has 27 heavy (non-hydrogen) atoms. The van der Waals surface area contributed by atoms with E-state index in [9.17, 15) is 17.6 Å². The molecule has 1 fully saturated rings. The summed E-state index contributed by atoms with van der Waals surface area (Å²) in [6, 6.07) is 9.10. The second kappa shape index (κ2) is 8.35. The maximum Gasteiger partial charge on any atom is 0.255 e. The lowest BCUT2D eigenvalue weighted by Crippen LogP contribution is -2.31. The van der Waals surface area contributed by atoms with Crippen molar-refractivity contribution in [3.8, 4) is 0 Å². The molecule has 0 spiro atoms. The van der Waals surface area contributed by atoms with E-state index in [1.807, 2.05) is 0 Å². The summed E-state index contributed by atoms with van der Waals surface area (Å²) in [7, 11) is -3.69. The minimum Gasteiger partial charge on any atom is -0.377 e. The van der Waals surface area contributed by atoms with Crippen LogP contribution in [0.1, 0.15) is 23.2 Å². The molecule has 1 atom stereocenters. The third-order valence-corrected chi connectivity index (χ3v) is 5.88. The van der Waals surface area contributed by atoms with Gasteiger partial charge in [0.15, 0.2) is 0 Å². The van der Waals surface area contributed by atoms with E-state index in [2.05, 4.69) is 10.0 Å². The van der Waals surface area contributed by atoms with Crippen molar-refractivity contribution in [3.63, 3.8) is 0 Å². The lowest BCUT2D eigenvalue weighted by molar-refractivity contribution is 0.102. The molecular weight excluding hydrogens is 395 g/mol. The molecule has 1 aliphatic rings. The zero-order valence-electron chi connectivity index (χ0n) is 14.2. The van der Waals surface area contributed by atoms with Gasteiger partial charge in [-0.3, -0.25) is 4.79 Å². The SMILES string of the molecule is O=C(Nc1ccc(F)cc1Cl)c1ccc(S(=O)(=O)NC[C@H]2CCCO2)cc1. The monoisotopic (exact) mass is 412 g/mol. The maximum absolute atomic E-state index is 13.1. The Bertz CT molecular complexity index is 929. The fraction of sp³-hybridized carbons (Fsp3) is 0.278. The van der Waals surface area contributed by atoms with Gasteiger partial charge in [0.1, 0.15) is 5.82 Å². The second-order valence-corrected chi connectivity index (χ2v) is 8.26. The van der Waals surface area contributed by atoms with Crippen molar-refractivity contribution in [1.29, 1.82) is 0 Å². The fourth-order valence-electron chi connectivity index (χ4n) is 2.66. The van der Waals surface area contributed by atoms with E-state index >= 15 is 0 Å². The molecule has 0 saturated carbocycles. The van der Waals surface area contributed by atoms with Crippen molar-refractivity contribution in [2.75, 3.05) is 18.5 Å². The first-order valence-electron chi connectivity index (χ1n) is 8.33. The first kappa shape index (κ1) is 19.8. The number of hydrogen-bond acceptors (Lipinski definition) is 4. The topological polar surface area (TPSA) is 84.5 Å². The number of rotatable bonds is 6. The van der Waals surface area contributed by atoms with Gasteiger partial charge in [-0.05, 0) is 55.3 Å². The van der Waals surface area contributed by atoms with Crippen molar-refractivity contribution in [2.45, 2.75) is 23.8 Å². The summed E-state index contributed by atoms with van der Waals surface area (Å²) in [6.07, 6.45) is 1.65. The molecule has 1 amide bonds. The highest BCUT2D eigenvalue weighted by atomic mass is 35.5. The molecule has 9 heteroatoms. The van der Waals surface area contributed by atoms with Gasteiger partial charge in [0.25, 0.3) is 5.91 Å². The molecule has 0 unspecified atom stereocenters. The van der Waals surface area contributed by atoms with Crippen LogP contribution in [0, 0.1) is 5.82 Å². The van der Waals surface area contributed by atoms with Gasteiger partial charge in [-0.2, -0.15) is 0 Å². The Morgan fingerprint density at radius 2 is 1.96 bits per heavy atom. The first-order valence-corrected chi connectivity index (χ1v) is 10.2. The molecule has 1 heterocycles. The van der Waals surface area contributed by atoms with Crippen LogP contribution < -0.4 is 10.0 Å². The van der Waals surface area contributed by atoms with Gasteiger partial charge in [-0.1, -0.05) is 11.6 Å². The van der Waals surface area contributed by atoms with E-state index in [0.717, 1.165) is 18.9 Å². The molecule has 0 bridgehead atoms. The van der Waals surface area contributed by atoms with E-state index in [1.54, 1.807) is 0 Å². The van der Waals surface area contributed by atoms with E-state index in [1.165, 1.54) is 36.4 Å². The Balaban J connectivity index is 1.65. The average Bonchev–Trinajstić information content (AvgIpc) is 3.16. The molecule has 6 nitrogen and oxygen atoms in total. The Labute approximate surface area is 161 Å². The van der Waals surface area contributed by atoms with Crippen LogP contribution in [0.25, 0.3) is 0 Å². The lowest BCUT2D eigenvalue weighted by atomic mass is 10.2. The minimum atomic E-state index is -3.69. The predicted molar refractivity (Wildman–Crippen MR) is 100.0 cm³/mol. The van der Waals surface area contributed by atoms with Crippen LogP contribution in [0.4, 0.5) is 10.1 Å². The summed E-state index contributed by atoms with van der Waals surface area (Å²) in [6.45, 7) is 0.863. The predicted octanol–water partition coefficient (Wildman–Crippen LogP) is 3.19. The molecule has 3 rings (SSSR count). The molecular formula is C18H18ClFN2O4S. The number of carbonyl (C=O) groups is 1. The molecule has 0 radical (unpaired) electrons. The van der Waals surface area contributed by atoms with E-state index in [-0.39, 0.29) is 33.8 Å². The number of ether oxygens (including phenoxy) is 1. The summed E-state index contributed by atoms with van der Waals surface area (Å²) in [5, 5.41) is 2.63. The van der Waals surface area contributed by atoms with Crippen molar-refractivity contribution in [1.82, 2.24) is 4.72 Å². The number of amides is 1. The van der Waals surface area contributed by atoms with Gasteiger partial charge in [0, 0.05) is 18.7 Å². The summed E-state index contributed by atoms with van der Waals surface area (Å²) < 4.78 is 45.6. The van der Waals surface area contributed by atoms with Crippen LogP contribution in [0.2, 0.25) is 5.02 Å². The highest BCUT2D eigenvalue weighted by Crippen LogP contribution is 2.23. The third-order valence-electron chi connectivity index (χ3n) is 4.13. The maximum atomic E-state index is 13.1. The van der Waals surface area contributed by atoms with Crippen molar-refractivity contribution in [3.05, 3.63) is 58.9 Å². The minimum absolute atomic E-state index is 0.0526.